The first-order chi connectivity index (χ1) is 10.5. The maximum absolute atomic E-state index is 12.2. The Morgan fingerprint density at radius 3 is 2.68 bits per heavy atom. The van der Waals surface area contributed by atoms with Crippen LogP contribution in [0.2, 0.25) is 0 Å². The van der Waals surface area contributed by atoms with Crippen LogP contribution in [0.15, 0.2) is 24.3 Å². The number of hydrogen-bond donors (Lipinski definition) is 2. The predicted octanol–water partition coefficient (Wildman–Crippen LogP) is 2.70. The molecule has 0 bridgehead atoms. The van der Waals surface area contributed by atoms with E-state index >= 15 is 0 Å². The molecule has 1 atom stereocenters. The highest BCUT2D eigenvalue weighted by Gasteiger charge is 2.27. The number of amides is 1. The van der Waals surface area contributed by atoms with Crippen LogP contribution < -0.4 is 11.1 Å². The highest BCUT2D eigenvalue weighted by molar-refractivity contribution is 5.97. The van der Waals surface area contributed by atoms with E-state index in [-0.39, 0.29) is 5.91 Å². The van der Waals surface area contributed by atoms with Crippen molar-refractivity contribution in [3.05, 3.63) is 29.8 Å². The number of hydrogen-bond acceptors (Lipinski definition) is 4. The second-order valence-electron chi connectivity index (χ2n) is 5.57. The first-order valence-electron chi connectivity index (χ1n) is 7.84. The molecule has 3 N–H and O–H groups in total. The minimum absolute atomic E-state index is 0.163. The van der Waals surface area contributed by atoms with Gasteiger partial charge in [0.05, 0.1) is 25.4 Å². The smallest absolute Gasteiger partial charge is 0.244 e. The Labute approximate surface area is 133 Å². The van der Waals surface area contributed by atoms with Crippen molar-refractivity contribution >= 4 is 11.6 Å². The molecule has 1 unspecified atom stereocenters. The topological polar surface area (TPSA) is 73.6 Å². The molecular formula is C17H28N2O3. The highest BCUT2D eigenvalue weighted by atomic mass is 16.5. The lowest BCUT2D eigenvalue weighted by atomic mass is 9.96. The number of rotatable bonds is 10. The van der Waals surface area contributed by atoms with Gasteiger partial charge >= 0.3 is 0 Å². The number of anilines is 1. The summed E-state index contributed by atoms with van der Waals surface area (Å²) in [6.07, 6.45) is 1.52. The third-order valence-electron chi connectivity index (χ3n) is 3.32. The minimum atomic E-state index is -0.848. The normalized spacial score (nSPS) is 13.6. The summed E-state index contributed by atoms with van der Waals surface area (Å²) in [4.78, 5) is 12.2. The van der Waals surface area contributed by atoms with Crippen LogP contribution in [0.1, 0.15) is 39.2 Å². The number of benzene rings is 1. The van der Waals surface area contributed by atoms with Crippen LogP contribution >= 0.6 is 0 Å². The van der Waals surface area contributed by atoms with Crippen molar-refractivity contribution in [1.29, 1.82) is 0 Å². The number of ether oxygens (including phenoxy) is 2. The summed E-state index contributed by atoms with van der Waals surface area (Å²) >= 11 is 0. The Hall–Kier alpha value is -1.43. The molecule has 1 rings (SSSR count). The van der Waals surface area contributed by atoms with E-state index in [1.165, 1.54) is 0 Å². The zero-order valence-corrected chi connectivity index (χ0v) is 13.9. The Balaban J connectivity index is 2.51. The van der Waals surface area contributed by atoms with Crippen molar-refractivity contribution < 1.29 is 14.3 Å². The van der Waals surface area contributed by atoms with Gasteiger partial charge in [-0.15, -0.1) is 0 Å². The Morgan fingerprint density at radius 2 is 2.00 bits per heavy atom. The standard InChI is InChI=1S/C17H28N2O3/c1-4-9-17(3,18)16(20)19-15-8-6-7-14(12-15)13-22-11-10-21-5-2/h6-8,12H,4-5,9-11,13,18H2,1-3H3,(H,19,20). The quantitative estimate of drug-likeness (QED) is 0.652. The zero-order valence-electron chi connectivity index (χ0n) is 13.9. The Kier molecular flexibility index (Phi) is 8.09. The maximum atomic E-state index is 12.2. The number of nitrogens with one attached hydrogen (secondary N) is 1. The molecule has 0 heterocycles. The van der Waals surface area contributed by atoms with Crippen molar-refractivity contribution in [2.45, 2.75) is 45.8 Å². The molecule has 0 fully saturated rings. The van der Waals surface area contributed by atoms with Crippen molar-refractivity contribution in [1.82, 2.24) is 0 Å². The molecule has 5 nitrogen and oxygen atoms in total. The van der Waals surface area contributed by atoms with E-state index in [1.807, 2.05) is 38.1 Å². The average molecular weight is 308 g/mol. The van der Waals surface area contributed by atoms with Gasteiger partial charge in [0.1, 0.15) is 0 Å². The molecule has 0 aliphatic rings. The van der Waals surface area contributed by atoms with Gasteiger partial charge in [-0.1, -0.05) is 25.5 Å². The lowest BCUT2D eigenvalue weighted by Crippen LogP contribution is -2.48. The van der Waals surface area contributed by atoms with Gasteiger partial charge in [0.25, 0.3) is 0 Å². The van der Waals surface area contributed by atoms with Crippen LogP contribution in [0, 0.1) is 0 Å². The SMILES string of the molecule is CCCC(C)(N)C(=O)Nc1cccc(COCCOCC)c1. The second-order valence-corrected chi connectivity index (χ2v) is 5.57. The van der Waals surface area contributed by atoms with E-state index in [2.05, 4.69) is 5.32 Å². The third-order valence-corrected chi connectivity index (χ3v) is 3.32. The third kappa shape index (κ3) is 6.56. The van der Waals surface area contributed by atoms with Crippen LogP contribution in [-0.4, -0.2) is 31.3 Å². The molecule has 0 radical (unpaired) electrons. The van der Waals surface area contributed by atoms with Crippen LogP contribution in [0.25, 0.3) is 0 Å². The fourth-order valence-electron chi connectivity index (χ4n) is 2.10. The summed E-state index contributed by atoms with van der Waals surface area (Å²) in [5, 5.41) is 2.87. The summed E-state index contributed by atoms with van der Waals surface area (Å²) < 4.78 is 10.7. The molecule has 0 spiro atoms. The fraction of sp³-hybridized carbons (Fsp3) is 0.588. The van der Waals surface area contributed by atoms with E-state index in [4.69, 9.17) is 15.2 Å². The zero-order chi connectivity index (χ0) is 16.4. The fourth-order valence-corrected chi connectivity index (χ4v) is 2.10. The monoisotopic (exact) mass is 308 g/mol. The summed E-state index contributed by atoms with van der Waals surface area (Å²) in [5.41, 5.74) is 6.93. The van der Waals surface area contributed by atoms with Crippen LogP contribution in [-0.2, 0) is 20.9 Å². The van der Waals surface area contributed by atoms with Gasteiger partial charge in [-0.3, -0.25) is 4.79 Å². The molecule has 0 aliphatic heterocycles. The number of carbonyl (C=O) groups excluding carboxylic acids is 1. The van der Waals surface area contributed by atoms with Crippen molar-refractivity contribution in [3.63, 3.8) is 0 Å². The predicted molar refractivity (Wildman–Crippen MR) is 88.7 cm³/mol. The van der Waals surface area contributed by atoms with Crippen molar-refractivity contribution in [2.75, 3.05) is 25.1 Å². The summed E-state index contributed by atoms with van der Waals surface area (Å²) in [6.45, 7) is 8.06. The largest absolute Gasteiger partial charge is 0.379 e. The number of carbonyl (C=O) groups is 1. The van der Waals surface area contributed by atoms with E-state index in [1.54, 1.807) is 6.92 Å². The van der Waals surface area contributed by atoms with Crippen LogP contribution in [0.4, 0.5) is 5.69 Å². The van der Waals surface area contributed by atoms with Crippen LogP contribution in [0.3, 0.4) is 0 Å². The van der Waals surface area contributed by atoms with E-state index in [9.17, 15) is 4.79 Å². The first-order valence-corrected chi connectivity index (χ1v) is 7.84. The van der Waals surface area contributed by atoms with Gasteiger partial charge in [-0.25, -0.2) is 0 Å². The van der Waals surface area contributed by atoms with Crippen molar-refractivity contribution in [2.24, 2.45) is 5.73 Å². The first kappa shape index (κ1) is 18.6. The molecule has 0 aliphatic carbocycles. The summed E-state index contributed by atoms with van der Waals surface area (Å²) in [7, 11) is 0. The van der Waals surface area contributed by atoms with Crippen molar-refractivity contribution in [3.8, 4) is 0 Å². The van der Waals surface area contributed by atoms with E-state index < -0.39 is 5.54 Å². The average Bonchev–Trinajstić information content (AvgIpc) is 2.47. The molecule has 0 saturated heterocycles. The molecule has 0 saturated carbocycles. The molecule has 1 aromatic carbocycles. The molecule has 0 aromatic heterocycles. The molecule has 5 heteroatoms. The number of nitrogens with two attached hydrogens (primary N) is 1. The van der Waals surface area contributed by atoms with Gasteiger partial charge in [-0.2, -0.15) is 0 Å². The molecule has 22 heavy (non-hydrogen) atoms. The molecular weight excluding hydrogens is 280 g/mol. The van der Waals surface area contributed by atoms with E-state index in [0.29, 0.717) is 32.8 Å². The lowest BCUT2D eigenvalue weighted by Gasteiger charge is -2.23. The Morgan fingerprint density at radius 1 is 1.27 bits per heavy atom. The van der Waals surface area contributed by atoms with Crippen LogP contribution in [0.5, 0.6) is 0 Å². The Bertz CT molecular complexity index is 461. The second kappa shape index (κ2) is 9.56. The molecule has 1 aromatic rings. The molecule has 1 amide bonds. The summed E-state index contributed by atoms with van der Waals surface area (Å²) in [5.74, 6) is -0.163. The molecule has 124 valence electrons. The maximum Gasteiger partial charge on any atom is 0.244 e. The van der Waals surface area contributed by atoms with Gasteiger partial charge in [0.15, 0.2) is 0 Å². The highest BCUT2D eigenvalue weighted by Crippen LogP contribution is 2.15. The van der Waals surface area contributed by atoms with Gasteiger partial charge < -0.3 is 20.5 Å². The lowest BCUT2D eigenvalue weighted by molar-refractivity contribution is -0.120. The van der Waals surface area contributed by atoms with E-state index in [0.717, 1.165) is 17.7 Å². The van der Waals surface area contributed by atoms with Gasteiger partial charge in [-0.05, 0) is 38.0 Å². The summed E-state index contributed by atoms with van der Waals surface area (Å²) in [6, 6.07) is 7.61. The minimum Gasteiger partial charge on any atom is -0.379 e. The van der Waals surface area contributed by atoms with Gasteiger partial charge in [0, 0.05) is 12.3 Å². The van der Waals surface area contributed by atoms with Gasteiger partial charge in [0.2, 0.25) is 5.91 Å².